The lowest BCUT2D eigenvalue weighted by molar-refractivity contribution is 0.112. The second-order valence-corrected chi connectivity index (χ2v) is 3.06. The van der Waals surface area contributed by atoms with Crippen LogP contribution in [0, 0.1) is 0 Å². The van der Waals surface area contributed by atoms with Crippen LogP contribution in [-0.2, 0) is 11.3 Å². The Morgan fingerprint density at radius 3 is 3.15 bits per heavy atom. The standard InChI is InChI=1S/C9H7NO2S/c11-4-6-2-1-3-8-7(6)5-12-9(13)10-8/h1-4H,5H2,(H,10,13). The smallest absolute Gasteiger partial charge is 0.261 e. The molecule has 66 valence electrons. The maximum atomic E-state index is 10.6. The number of hydrogen-bond acceptors (Lipinski definition) is 3. The molecule has 13 heavy (non-hydrogen) atoms. The van der Waals surface area contributed by atoms with E-state index in [1.807, 2.05) is 12.1 Å². The van der Waals surface area contributed by atoms with Crippen molar-refractivity contribution in [2.24, 2.45) is 0 Å². The number of hydrogen-bond donors (Lipinski definition) is 1. The summed E-state index contributed by atoms with van der Waals surface area (Å²) in [5.41, 5.74) is 2.37. The fourth-order valence-electron chi connectivity index (χ4n) is 1.28. The van der Waals surface area contributed by atoms with Crippen LogP contribution in [0.15, 0.2) is 18.2 Å². The third-order valence-electron chi connectivity index (χ3n) is 1.92. The van der Waals surface area contributed by atoms with E-state index in [1.54, 1.807) is 6.07 Å². The van der Waals surface area contributed by atoms with Crippen LogP contribution in [0.3, 0.4) is 0 Å². The van der Waals surface area contributed by atoms with Crippen LogP contribution in [0.4, 0.5) is 5.69 Å². The Bertz CT molecular complexity index is 376. The number of ether oxygens (including phenoxy) is 1. The molecule has 1 aliphatic heterocycles. The van der Waals surface area contributed by atoms with Crippen molar-refractivity contribution in [2.75, 3.05) is 5.32 Å². The number of carbonyl (C=O) groups excluding carboxylic acids is 1. The summed E-state index contributed by atoms with van der Waals surface area (Å²) >= 11 is 4.84. The lowest BCUT2D eigenvalue weighted by Crippen LogP contribution is -2.20. The van der Waals surface area contributed by atoms with E-state index in [4.69, 9.17) is 17.0 Å². The topological polar surface area (TPSA) is 38.3 Å². The summed E-state index contributed by atoms with van der Waals surface area (Å²) < 4.78 is 5.11. The second-order valence-electron chi connectivity index (χ2n) is 2.69. The summed E-state index contributed by atoms with van der Waals surface area (Å²) in [5, 5.41) is 3.24. The van der Waals surface area contributed by atoms with E-state index in [0.29, 0.717) is 17.3 Å². The Hall–Kier alpha value is -1.42. The normalized spacial score (nSPS) is 14.0. The lowest BCUT2D eigenvalue weighted by Gasteiger charge is -2.20. The number of anilines is 1. The van der Waals surface area contributed by atoms with Gasteiger partial charge in [0.05, 0.1) is 0 Å². The first kappa shape index (κ1) is 8.19. The molecule has 1 N–H and O–H groups in total. The zero-order valence-corrected chi connectivity index (χ0v) is 7.56. The maximum Gasteiger partial charge on any atom is 0.261 e. The van der Waals surface area contributed by atoms with Gasteiger partial charge in [0.15, 0.2) is 6.29 Å². The van der Waals surface area contributed by atoms with Gasteiger partial charge in [0, 0.05) is 16.8 Å². The van der Waals surface area contributed by atoms with Crippen molar-refractivity contribution >= 4 is 29.4 Å². The number of fused-ring (bicyclic) bond motifs is 1. The van der Waals surface area contributed by atoms with Crippen molar-refractivity contribution in [3.63, 3.8) is 0 Å². The van der Waals surface area contributed by atoms with Crippen LogP contribution in [0.25, 0.3) is 0 Å². The summed E-state index contributed by atoms with van der Waals surface area (Å²) in [6.45, 7) is 0.371. The molecule has 0 atom stereocenters. The Kier molecular flexibility index (Phi) is 1.98. The number of aldehydes is 1. The molecule has 0 saturated heterocycles. The molecule has 1 aromatic carbocycles. The highest BCUT2D eigenvalue weighted by molar-refractivity contribution is 7.80. The van der Waals surface area contributed by atoms with E-state index in [9.17, 15) is 4.79 Å². The average molecular weight is 193 g/mol. The number of nitrogens with one attached hydrogen (secondary N) is 1. The first-order valence-corrected chi connectivity index (χ1v) is 4.23. The molecule has 0 radical (unpaired) electrons. The van der Waals surface area contributed by atoms with E-state index < -0.39 is 0 Å². The molecule has 0 bridgehead atoms. The molecule has 2 rings (SSSR count). The Labute approximate surface area is 80.7 Å². The van der Waals surface area contributed by atoms with E-state index in [1.165, 1.54) is 0 Å². The summed E-state index contributed by atoms with van der Waals surface area (Å²) in [6, 6.07) is 5.44. The van der Waals surface area contributed by atoms with Crippen molar-refractivity contribution in [1.29, 1.82) is 0 Å². The summed E-state index contributed by atoms with van der Waals surface area (Å²) in [5.74, 6) is 0. The largest absolute Gasteiger partial charge is 0.466 e. The minimum absolute atomic E-state index is 0.357. The molecule has 1 heterocycles. The number of rotatable bonds is 1. The number of benzene rings is 1. The molecule has 1 aromatic rings. The SMILES string of the molecule is O=Cc1cccc2c1COC(=S)N2. The van der Waals surface area contributed by atoms with Crippen LogP contribution >= 0.6 is 12.2 Å². The van der Waals surface area contributed by atoms with Crippen LogP contribution in [-0.4, -0.2) is 11.5 Å². The van der Waals surface area contributed by atoms with Gasteiger partial charge in [-0.1, -0.05) is 12.1 Å². The monoisotopic (exact) mass is 193 g/mol. The molecular weight excluding hydrogens is 186 g/mol. The van der Waals surface area contributed by atoms with Crippen LogP contribution in [0.1, 0.15) is 15.9 Å². The Balaban J connectivity index is 2.51. The molecule has 1 aliphatic rings. The molecule has 0 saturated carbocycles. The summed E-state index contributed by atoms with van der Waals surface area (Å²) in [6.07, 6.45) is 0.818. The number of thiocarbonyl (C=S) groups is 1. The summed E-state index contributed by atoms with van der Waals surface area (Å²) in [4.78, 5) is 10.6. The van der Waals surface area contributed by atoms with E-state index in [0.717, 1.165) is 17.5 Å². The van der Waals surface area contributed by atoms with Crippen LogP contribution in [0.2, 0.25) is 0 Å². The molecule has 3 nitrogen and oxygen atoms in total. The van der Waals surface area contributed by atoms with Crippen molar-refractivity contribution in [2.45, 2.75) is 6.61 Å². The van der Waals surface area contributed by atoms with Gasteiger partial charge in [-0.3, -0.25) is 4.79 Å². The van der Waals surface area contributed by atoms with Crippen LogP contribution in [0.5, 0.6) is 0 Å². The van der Waals surface area contributed by atoms with Gasteiger partial charge in [-0.2, -0.15) is 0 Å². The molecule has 0 aromatic heterocycles. The molecule has 4 heteroatoms. The van der Waals surface area contributed by atoms with Crippen molar-refractivity contribution in [3.05, 3.63) is 29.3 Å². The third-order valence-corrected chi connectivity index (χ3v) is 2.14. The van der Waals surface area contributed by atoms with E-state index in [-0.39, 0.29) is 0 Å². The predicted molar refractivity (Wildman–Crippen MR) is 52.8 cm³/mol. The molecule has 0 spiro atoms. The minimum atomic E-state index is 0.357. The van der Waals surface area contributed by atoms with Gasteiger partial charge in [0.25, 0.3) is 5.17 Å². The molecular formula is C9H7NO2S. The average Bonchev–Trinajstić information content (AvgIpc) is 2.16. The maximum absolute atomic E-state index is 10.6. The first-order valence-electron chi connectivity index (χ1n) is 3.82. The molecule has 0 unspecified atom stereocenters. The zero-order chi connectivity index (χ0) is 9.26. The van der Waals surface area contributed by atoms with Gasteiger partial charge in [0.1, 0.15) is 6.61 Å². The molecule has 0 fully saturated rings. The highest BCUT2D eigenvalue weighted by Gasteiger charge is 2.15. The van der Waals surface area contributed by atoms with Crippen molar-refractivity contribution in [1.82, 2.24) is 0 Å². The second kappa shape index (κ2) is 3.14. The fraction of sp³-hybridized carbons (Fsp3) is 0.111. The molecule has 0 amide bonds. The van der Waals surface area contributed by atoms with Gasteiger partial charge in [-0.25, -0.2) is 0 Å². The lowest BCUT2D eigenvalue weighted by atomic mass is 10.1. The van der Waals surface area contributed by atoms with Crippen molar-refractivity contribution < 1.29 is 9.53 Å². The Morgan fingerprint density at radius 2 is 2.38 bits per heavy atom. The van der Waals surface area contributed by atoms with Crippen molar-refractivity contribution in [3.8, 4) is 0 Å². The quantitative estimate of drug-likeness (QED) is 0.544. The first-order chi connectivity index (χ1) is 6.31. The van der Waals surface area contributed by atoms with Gasteiger partial charge in [-0.15, -0.1) is 0 Å². The third kappa shape index (κ3) is 1.40. The zero-order valence-electron chi connectivity index (χ0n) is 6.74. The molecule has 0 aliphatic carbocycles. The highest BCUT2D eigenvalue weighted by Crippen LogP contribution is 2.23. The number of carbonyl (C=O) groups is 1. The van der Waals surface area contributed by atoms with E-state index in [2.05, 4.69) is 5.32 Å². The highest BCUT2D eigenvalue weighted by atomic mass is 32.1. The van der Waals surface area contributed by atoms with Crippen LogP contribution < -0.4 is 5.32 Å². The van der Waals surface area contributed by atoms with Gasteiger partial charge < -0.3 is 10.1 Å². The predicted octanol–water partition coefficient (Wildman–Crippen LogP) is 1.73. The summed E-state index contributed by atoms with van der Waals surface area (Å²) in [7, 11) is 0. The van der Waals surface area contributed by atoms with Gasteiger partial charge in [0.2, 0.25) is 0 Å². The minimum Gasteiger partial charge on any atom is -0.466 e. The Morgan fingerprint density at radius 1 is 1.54 bits per heavy atom. The van der Waals surface area contributed by atoms with E-state index >= 15 is 0 Å². The van der Waals surface area contributed by atoms with Gasteiger partial charge in [-0.05, 0) is 18.3 Å². The van der Waals surface area contributed by atoms with Gasteiger partial charge >= 0.3 is 0 Å². The fourth-order valence-corrected chi connectivity index (χ4v) is 1.45.